The maximum absolute atomic E-state index is 12.3. The Balaban J connectivity index is 2.02. The normalized spacial score (nSPS) is 16.6. The Bertz CT molecular complexity index is 455. The van der Waals surface area contributed by atoms with E-state index in [-0.39, 0.29) is 0 Å². The summed E-state index contributed by atoms with van der Waals surface area (Å²) in [4.78, 5) is 20.3. The van der Waals surface area contributed by atoms with Crippen molar-refractivity contribution < 1.29 is 23.1 Å². The highest BCUT2D eigenvalue weighted by molar-refractivity contribution is 5.65. The second-order valence-corrected chi connectivity index (χ2v) is 4.02. The Labute approximate surface area is 106 Å². The number of hydrogen-bond acceptors (Lipinski definition) is 4. The number of hydrogen-bond donors (Lipinski definition) is 1. The molecule has 2 rings (SSSR count). The Hall–Kier alpha value is -2.06. The number of amides is 1. The van der Waals surface area contributed by atoms with Crippen molar-refractivity contribution in [3.05, 3.63) is 18.2 Å². The molecule has 1 aliphatic rings. The van der Waals surface area contributed by atoms with E-state index in [2.05, 4.69) is 9.97 Å². The molecule has 19 heavy (non-hydrogen) atoms. The molecular weight excluding hydrogens is 265 g/mol. The standard InChI is InChI=1S/C10H11F3N4O2/c11-10(12,13)8-14-5-7(6-15-8)16-1-3-17(4-2-16)9(18)19/h5-6H,1-4H2,(H,18,19). The van der Waals surface area contributed by atoms with Gasteiger partial charge in [-0.1, -0.05) is 0 Å². The fourth-order valence-electron chi connectivity index (χ4n) is 1.79. The molecule has 0 unspecified atom stereocenters. The van der Waals surface area contributed by atoms with Gasteiger partial charge in [-0.2, -0.15) is 13.2 Å². The van der Waals surface area contributed by atoms with Crippen molar-refractivity contribution in [1.29, 1.82) is 0 Å². The topological polar surface area (TPSA) is 69.6 Å². The summed E-state index contributed by atoms with van der Waals surface area (Å²) in [6, 6.07) is 0. The highest BCUT2D eigenvalue weighted by Crippen LogP contribution is 2.26. The van der Waals surface area contributed by atoms with E-state index in [0.717, 1.165) is 12.4 Å². The van der Waals surface area contributed by atoms with Crippen molar-refractivity contribution in [2.45, 2.75) is 6.18 Å². The zero-order valence-corrected chi connectivity index (χ0v) is 9.76. The molecule has 1 fully saturated rings. The number of piperazine rings is 1. The Morgan fingerprint density at radius 2 is 1.68 bits per heavy atom. The van der Waals surface area contributed by atoms with Crippen molar-refractivity contribution in [3.63, 3.8) is 0 Å². The highest BCUT2D eigenvalue weighted by Gasteiger charge is 2.34. The number of alkyl halides is 3. The molecule has 0 atom stereocenters. The van der Waals surface area contributed by atoms with E-state index < -0.39 is 18.1 Å². The largest absolute Gasteiger partial charge is 0.465 e. The predicted molar refractivity (Wildman–Crippen MR) is 58.8 cm³/mol. The first-order chi connectivity index (χ1) is 8.88. The zero-order chi connectivity index (χ0) is 14.0. The second kappa shape index (κ2) is 4.90. The molecule has 1 N–H and O–H groups in total. The van der Waals surface area contributed by atoms with Crippen molar-refractivity contribution in [2.24, 2.45) is 0 Å². The van der Waals surface area contributed by atoms with Gasteiger partial charge in [0.2, 0.25) is 5.82 Å². The van der Waals surface area contributed by atoms with Crippen LogP contribution in [0.3, 0.4) is 0 Å². The lowest BCUT2D eigenvalue weighted by atomic mass is 10.3. The molecule has 0 aliphatic carbocycles. The molecule has 0 spiro atoms. The van der Waals surface area contributed by atoms with Gasteiger partial charge in [0.25, 0.3) is 0 Å². The first-order valence-electron chi connectivity index (χ1n) is 5.50. The molecule has 1 saturated heterocycles. The molecule has 1 amide bonds. The van der Waals surface area contributed by atoms with Crippen molar-refractivity contribution in [1.82, 2.24) is 14.9 Å². The molecule has 104 valence electrons. The number of anilines is 1. The summed E-state index contributed by atoms with van der Waals surface area (Å²) >= 11 is 0. The summed E-state index contributed by atoms with van der Waals surface area (Å²) < 4.78 is 36.9. The minimum absolute atomic E-state index is 0.302. The summed E-state index contributed by atoms with van der Waals surface area (Å²) in [5.74, 6) is -1.18. The summed E-state index contributed by atoms with van der Waals surface area (Å²) in [5.41, 5.74) is 0.457. The van der Waals surface area contributed by atoms with Gasteiger partial charge in [0, 0.05) is 26.2 Å². The van der Waals surface area contributed by atoms with Gasteiger partial charge in [-0.05, 0) is 0 Å². The number of halogens is 3. The molecule has 1 aliphatic heterocycles. The third-order valence-corrected chi connectivity index (χ3v) is 2.81. The summed E-state index contributed by atoms with van der Waals surface area (Å²) in [6.45, 7) is 1.41. The molecule has 9 heteroatoms. The van der Waals surface area contributed by atoms with Gasteiger partial charge < -0.3 is 14.9 Å². The second-order valence-electron chi connectivity index (χ2n) is 4.02. The van der Waals surface area contributed by atoms with E-state index in [9.17, 15) is 18.0 Å². The molecular formula is C10H11F3N4O2. The number of carboxylic acid groups (broad SMARTS) is 1. The summed E-state index contributed by atoms with van der Waals surface area (Å²) in [6.07, 6.45) is -3.35. The zero-order valence-electron chi connectivity index (χ0n) is 9.76. The lowest BCUT2D eigenvalue weighted by Crippen LogP contribution is -2.48. The third-order valence-electron chi connectivity index (χ3n) is 2.81. The van der Waals surface area contributed by atoms with E-state index in [1.54, 1.807) is 4.90 Å². The monoisotopic (exact) mass is 276 g/mol. The van der Waals surface area contributed by atoms with Crippen molar-refractivity contribution in [3.8, 4) is 0 Å². The average molecular weight is 276 g/mol. The van der Waals surface area contributed by atoms with Gasteiger partial charge in [-0.15, -0.1) is 0 Å². The van der Waals surface area contributed by atoms with E-state index in [4.69, 9.17) is 5.11 Å². The molecule has 0 aromatic carbocycles. The lowest BCUT2D eigenvalue weighted by molar-refractivity contribution is -0.144. The van der Waals surface area contributed by atoms with Crippen LogP contribution in [-0.2, 0) is 6.18 Å². The van der Waals surface area contributed by atoms with Gasteiger partial charge in [0.15, 0.2) is 0 Å². The Kier molecular flexibility index (Phi) is 3.45. The molecule has 1 aromatic rings. The first kappa shape index (κ1) is 13.4. The number of nitrogens with zero attached hydrogens (tertiary/aromatic N) is 4. The van der Waals surface area contributed by atoms with Crippen LogP contribution in [0.25, 0.3) is 0 Å². The molecule has 0 radical (unpaired) electrons. The quantitative estimate of drug-likeness (QED) is 0.837. The maximum Gasteiger partial charge on any atom is 0.451 e. The molecule has 0 bridgehead atoms. The summed E-state index contributed by atoms with van der Waals surface area (Å²) in [5, 5.41) is 8.78. The van der Waals surface area contributed by atoms with Crippen molar-refractivity contribution >= 4 is 11.8 Å². The predicted octanol–water partition coefficient (Wildman–Crippen LogP) is 1.30. The number of aromatic nitrogens is 2. The number of carbonyl (C=O) groups is 1. The highest BCUT2D eigenvalue weighted by atomic mass is 19.4. The van der Waals surface area contributed by atoms with Crippen LogP contribution in [0.1, 0.15) is 5.82 Å². The van der Waals surface area contributed by atoms with Crippen LogP contribution in [0.4, 0.5) is 23.7 Å². The summed E-state index contributed by atoms with van der Waals surface area (Å²) in [7, 11) is 0. The smallest absolute Gasteiger partial charge is 0.451 e. The van der Waals surface area contributed by atoms with Crippen LogP contribution in [0.5, 0.6) is 0 Å². The van der Waals surface area contributed by atoms with Crippen LogP contribution in [0.2, 0.25) is 0 Å². The van der Waals surface area contributed by atoms with E-state index in [1.807, 2.05) is 0 Å². The lowest BCUT2D eigenvalue weighted by Gasteiger charge is -2.34. The fourth-order valence-corrected chi connectivity index (χ4v) is 1.79. The van der Waals surface area contributed by atoms with Crippen LogP contribution in [0.15, 0.2) is 12.4 Å². The average Bonchev–Trinajstić information content (AvgIpc) is 2.38. The van der Waals surface area contributed by atoms with Gasteiger partial charge in [-0.3, -0.25) is 0 Å². The molecule has 0 saturated carbocycles. The van der Waals surface area contributed by atoms with Crippen LogP contribution in [-0.4, -0.2) is 52.2 Å². The maximum atomic E-state index is 12.3. The van der Waals surface area contributed by atoms with Gasteiger partial charge in [0.05, 0.1) is 18.1 Å². The van der Waals surface area contributed by atoms with Crippen molar-refractivity contribution in [2.75, 3.05) is 31.1 Å². The number of rotatable bonds is 1. The van der Waals surface area contributed by atoms with Crippen LogP contribution < -0.4 is 4.90 Å². The minimum Gasteiger partial charge on any atom is -0.465 e. The van der Waals surface area contributed by atoms with Crippen LogP contribution >= 0.6 is 0 Å². The van der Waals surface area contributed by atoms with Gasteiger partial charge in [0.1, 0.15) is 0 Å². The Morgan fingerprint density at radius 3 is 2.11 bits per heavy atom. The molecule has 1 aromatic heterocycles. The van der Waals surface area contributed by atoms with Crippen LogP contribution in [0, 0.1) is 0 Å². The van der Waals surface area contributed by atoms with E-state index >= 15 is 0 Å². The molecule has 6 nitrogen and oxygen atoms in total. The minimum atomic E-state index is -4.56. The Morgan fingerprint density at radius 1 is 1.16 bits per heavy atom. The van der Waals surface area contributed by atoms with Gasteiger partial charge >= 0.3 is 12.3 Å². The third kappa shape index (κ3) is 3.04. The first-order valence-corrected chi connectivity index (χ1v) is 5.50. The van der Waals surface area contributed by atoms with Gasteiger partial charge in [-0.25, -0.2) is 14.8 Å². The molecule has 2 heterocycles. The van der Waals surface area contributed by atoms with E-state index in [1.165, 1.54) is 4.90 Å². The van der Waals surface area contributed by atoms with E-state index in [0.29, 0.717) is 31.9 Å². The fraction of sp³-hybridized carbons (Fsp3) is 0.500. The SMILES string of the molecule is O=C(O)N1CCN(c2cnc(C(F)(F)F)nc2)CC1.